The second-order valence-corrected chi connectivity index (χ2v) is 5.58. The average molecular weight is 257 g/mol. The van der Waals surface area contributed by atoms with Crippen LogP contribution in [0, 0.1) is 11.8 Å². The van der Waals surface area contributed by atoms with E-state index in [0.717, 1.165) is 11.6 Å². The van der Waals surface area contributed by atoms with E-state index in [-0.39, 0.29) is 6.04 Å². The maximum atomic E-state index is 6.20. The van der Waals surface area contributed by atoms with Crippen LogP contribution in [-0.2, 0) is 7.05 Å². The number of hydrazine groups is 1. The second kappa shape index (κ2) is 5.38. The van der Waals surface area contributed by atoms with Crippen molar-refractivity contribution >= 4 is 11.6 Å². The van der Waals surface area contributed by atoms with Crippen LogP contribution in [0.2, 0.25) is 5.02 Å². The first kappa shape index (κ1) is 12.9. The minimum absolute atomic E-state index is 0.109. The van der Waals surface area contributed by atoms with Crippen LogP contribution < -0.4 is 11.3 Å². The van der Waals surface area contributed by atoms with Crippen molar-refractivity contribution in [3.63, 3.8) is 0 Å². The quantitative estimate of drug-likeness (QED) is 0.645. The van der Waals surface area contributed by atoms with Gasteiger partial charge in [0.1, 0.15) is 0 Å². The molecule has 3 unspecified atom stereocenters. The van der Waals surface area contributed by atoms with Crippen LogP contribution in [0.25, 0.3) is 0 Å². The zero-order valence-electron chi connectivity index (χ0n) is 10.5. The SMILES string of the molecule is CC1CCCC(C(NN)c2c(Cl)cnn2C)C1. The Morgan fingerprint density at radius 2 is 2.35 bits per heavy atom. The van der Waals surface area contributed by atoms with Crippen molar-refractivity contribution in [2.24, 2.45) is 24.7 Å². The van der Waals surface area contributed by atoms with E-state index in [1.54, 1.807) is 6.20 Å². The molecule has 5 heteroatoms. The summed E-state index contributed by atoms with van der Waals surface area (Å²) < 4.78 is 1.83. The first-order valence-corrected chi connectivity index (χ1v) is 6.64. The predicted octanol–water partition coefficient (Wildman–Crippen LogP) is 2.40. The van der Waals surface area contributed by atoms with Gasteiger partial charge in [0, 0.05) is 7.05 Å². The lowest BCUT2D eigenvalue weighted by Gasteiger charge is -2.33. The van der Waals surface area contributed by atoms with Crippen molar-refractivity contribution in [3.05, 3.63) is 16.9 Å². The maximum absolute atomic E-state index is 6.20. The van der Waals surface area contributed by atoms with E-state index < -0.39 is 0 Å². The Morgan fingerprint density at radius 1 is 1.59 bits per heavy atom. The number of aryl methyl sites for hydroxylation is 1. The third-order valence-corrected chi connectivity index (χ3v) is 4.15. The zero-order valence-corrected chi connectivity index (χ0v) is 11.2. The maximum Gasteiger partial charge on any atom is 0.0834 e. The molecule has 4 nitrogen and oxygen atoms in total. The molecule has 1 aromatic heterocycles. The molecule has 17 heavy (non-hydrogen) atoms. The van der Waals surface area contributed by atoms with Gasteiger partial charge in [-0.15, -0.1) is 0 Å². The smallest absolute Gasteiger partial charge is 0.0834 e. The molecule has 0 spiro atoms. The molecule has 1 heterocycles. The number of hydrogen-bond donors (Lipinski definition) is 2. The zero-order chi connectivity index (χ0) is 12.4. The fourth-order valence-corrected chi connectivity index (χ4v) is 3.28. The summed E-state index contributed by atoms with van der Waals surface area (Å²) in [5, 5.41) is 4.89. The van der Waals surface area contributed by atoms with Crippen LogP contribution >= 0.6 is 11.6 Å². The van der Waals surface area contributed by atoms with Crippen molar-refractivity contribution in [3.8, 4) is 0 Å². The van der Waals surface area contributed by atoms with Gasteiger partial charge in [-0.05, 0) is 24.7 Å². The van der Waals surface area contributed by atoms with Gasteiger partial charge in [0.2, 0.25) is 0 Å². The van der Waals surface area contributed by atoms with Gasteiger partial charge >= 0.3 is 0 Å². The van der Waals surface area contributed by atoms with E-state index in [1.807, 2.05) is 11.7 Å². The van der Waals surface area contributed by atoms with Gasteiger partial charge in [0.25, 0.3) is 0 Å². The minimum Gasteiger partial charge on any atom is -0.271 e. The van der Waals surface area contributed by atoms with Crippen molar-refractivity contribution in [1.82, 2.24) is 15.2 Å². The molecule has 1 aromatic rings. The number of rotatable bonds is 3. The Kier molecular flexibility index (Phi) is 4.07. The Hall–Kier alpha value is -0.580. The van der Waals surface area contributed by atoms with Gasteiger partial charge < -0.3 is 0 Å². The van der Waals surface area contributed by atoms with E-state index in [9.17, 15) is 0 Å². The molecule has 3 N–H and O–H groups in total. The van der Waals surface area contributed by atoms with Crippen LogP contribution in [0.3, 0.4) is 0 Å². The lowest BCUT2D eigenvalue weighted by Crippen LogP contribution is -2.37. The summed E-state index contributed by atoms with van der Waals surface area (Å²) in [6, 6.07) is 0.109. The van der Waals surface area contributed by atoms with Gasteiger partial charge in [0.15, 0.2) is 0 Å². The molecule has 1 aliphatic rings. The summed E-state index contributed by atoms with van der Waals surface area (Å²) in [6.07, 6.45) is 6.71. The summed E-state index contributed by atoms with van der Waals surface area (Å²) in [5.41, 5.74) is 3.94. The molecule has 1 saturated carbocycles. The third kappa shape index (κ3) is 2.64. The van der Waals surface area contributed by atoms with Gasteiger partial charge in [-0.3, -0.25) is 16.0 Å². The number of halogens is 1. The molecule has 2 rings (SSSR count). The normalized spacial score (nSPS) is 27.1. The molecule has 0 radical (unpaired) electrons. The van der Waals surface area contributed by atoms with Crippen LogP contribution in [0.15, 0.2) is 6.20 Å². The standard InChI is InChI=1S/C12H21ClN4/c1-8-4-3-5-9(6-8)11(16-14)12-10(13)7-15-17(12)2/h7-9,11,16H,3-6,14H2,1-2H3. The number of nitrogens with one attached hydrogen (secondary N) is 1. The third-order valence-electron chi connectivity index (χ3n) is 3.86. The first-order valence-electron chi connectivity index (χ1n) is 6.27. The highest BCUT2D eigenvalue weighted by atomic mass is 35.5. The lowest BCUT2D eigenvalue weighted by molar-refractivity contribution is 0.219. The summed E-state index contributed by atoms with van der Waals surface area (Å²) >= 11 is 6.20. The Bertz CT molecular complexity index is 357. The van der Waals surface area contributed by atoms with E-state index in [1.165, 1.54) is 25.7 Å². The highest BCUT2D eigenvalue weighted by Gasteiger charge is 2.30. The molecule has 0 amide bonds. The van der Waals surface area contributed by atoms with E-state index in [2.05, 4.69) is 17.4 Å². The largest absolute Gasteiger partial charge is 0.271 e. The molecule has 0 aromatic carbocycles. The van der Waals surface area contributed by atoms with Crippen molar-refractivity contribution in [2.75, 3.05) is 0 Å². The molecule has 96 valence electrons. The first-order chi connectivity index (χ1) is 8.13. The molecule has 0 saturated heterocycles. The molecule has 0 bridgehead atoms. The summed E-state index contributed by atoms with van der Waals surface area (Å²) in [5.74, 6) is 7.06. The number of aromatic nitrogens is 2. The van der Waals surface area contributed by atoms with Gasteiger partial charge in [0.05, 0.1) is 23.0 Å². The molecule has 1 fully saturated rings. The molecule has 1 aliphatic carbocycles. The second-order valence-electron chi connectivity index (χ2n) is 5.18. The Balaban J connectivity index is 2.21. The summed E-state index contributed by atoms with van der Waals surface area (Å²) in [6.45, 7) is 2.31. The molecular formula is C12H21ClN4. The van der Waals surface area contributed by atoms with Crippen LogP contribution in [0.5, 0.6) is 0 Å². The molecule has 3 atom stereocenters. The van der Waals surface area contributed by atoms with Crippen LogP contribution in [0.4, 0.5) is 0 Å². The van der Waals surface area contributed by atoms with Crippen molar-refractivity contribution < 1.29 is 0 Å². The molecular weight excluding hydrogens is 236 g/mol. The average Bonchev–Trinajstić information content (AvgIpc) is 2.62. The van der Waals surface area contributed by atoms with E-state index in [0.29, 0.717) is 10.9 Å². The number of nitrogens with zero attached hydrogens (tertiary/aromatic N) is 2. The molecule has 0 aliphatic heterocycles. The predicted molar refractivity (Wildman–Crippen MR) is 69.4 cm³/mol. The summed E-state index contributed by atoms with van der Waals surface area (Å²) in [7, 11) is 1.91. The highest BCUT2D eigenvalue weighted by molar-refractivity contribution is 6.31. The summed E-state index contributed by atoms with van der Waals surface area (Å²) in [4.78, 5) is 0. The van der Waals surface area contributed by atoms with Gasteiger partial charge in [-0.2, -0.15) is 5.10 Å². The fourth-order valence-electron chi connectivity index (χ4n) is 2.99. The van der Waals surface area contributed by atoms with Gasteiger partial charge in [-0.1, -0.05) is 31.4 Å². The van der Waals surface area contributed by atoms with Crippen molar-refractivity contribution in [2.45, 2.75) is 38.6 Å². The Morgan fingerprint density at radius 3 is 2.88 bits per heavy atom. The fraction of sp³-hybridized carbons (Fsp3) is 0.750. The highest BCUT2D eigenvalue weighted by Crippen LogP contribution is 2.38. The monoisotopic (exact) mass is 256 g/mol. The topological polar surface area (TPSA) is 55.9 Å². The van der Waals surface area contributed by atoms with Crippen LogP contribution in [0.1, 0.15) is 44.3 Å². The van der Waals surface area contributed by atoms with Gasteiger partial charge in [-0.25, -0.2) is 0 Å². The number of nitrogens with two attached hydrogens (primary N) is 1. The van der Waals surface area contributed by atoms with Crippen molar-refractivity contribution in [1.29, 1.82) is 0 Å². The van der Waals surface area contributed by atoms with Crippen LogP contribution in [-0.4, -0.2) is 9.78 Å². The van der Waals surface area contributed by atoms with E-state index >= 15 is 0 Å². The Labute approximate surface area is 107 Å². The lowest BCUT2D eigenvalue weighted by atomic mass is 9.78. The van der Waals surface area contributed by atoms with E-state index in [4.69, 9.17) is 17.4 Å². The minimum atomic E-state index is 0.109. The number of hydrogen-bond acceptors (Lipinski definition) is 3.